The predicted molar refractivity (Wildman–Crippen MR) is 143 cm³/mol. The maximum absolute atomic E-state index is 12.0. The van der Waals surface area contributed by atoms with E-state index in [-0.39, 0.29) is 18.8 Å². The molecule has 5 heteroatoms. The standard InChI is InChI=1S/C29H47NO4/c1-5-6-7-8-9-10-11-12-13-14-15-16-17-18-19-20-21-22-23-24-29(33)34-27(25-28(31)32)26-30(2,3)4/h9-10,12-13,15-16,18-19,21-22,27H,5-8,11,14,17,20,23-26H2,1-4H3/p+1. The predicted octanol–water partition coefficient (Wildman–Crippen LogP) is 6.78. The fourth-order valence-electron chi connectivity index (χ4n) is 3.23. The van der Waals surface area contributed by atoms with Gasteiger partial charge in [-0.25, -0.2) is 0 Å². The van der Waals surface area contributed by atoms with Crippen molar-refractivity contribution < 1.29 is 23.9 Å². The van der Waals surface area contributed by atoms with Gasteiger partial charge in [-0.1, -0.05) is 80.5 Å². The summed E-state index contributed by atoms with van der Waals surface area (Å²) in [6.45, 7) is 2.70. The molecule has 0 saturated heterocycles. The van der Waals surface area contributed by atoms with E-state index in [9.17, 15) is 9.59 Å². The number of carbonyl (C=O) groups is 2. The van der Waals surface area contributed by atoms with Gasteiger partial charge in [0, 0.05) is 6.42 Å². The molecule has 0 aromatic heterocycles. The second-order valence-corrected chi connectivity index (χ2v) is 9.52. The van der Waals surface area contributed by atoms with Crippen LogP contribution in [-0.4, -0.2) is 55.3 Å². The van der Waals surface area contributed by atoms with Crippen LogP contribution in [0.2, 0.25) is 0 Å². The van der Waals surface area contributed by atoms with Gasteiger partial charge in [0.15, 0.2) is 6.10 Å². The van der Waals surface area contributed by atoms with Gasteiger partial charge in [-0.15, -0.1) is 0 Å². The minimum atomic E-state index is -0.954. The molecular formula is C29H48NO4+. The largest absolute Gasteiger partial charge is 0.481 e. The van der Waals surface area contributed by atoms with Crippen LogP contribution in [0.5, 0.6) is 0 Å². The zero-order valence-electron chi connectivity index (χ0n) is 22.0. The van der Waals surface area contributed by atoms with E-state index in [4.69, 9.17) is 9.84 Å². The Kier molecular flexibility index (Phi) is 19.7. The van der Waals surface area contributed by atoms with Crippen LogP contribution < -0.4 is 0 Å². The Morgan fingerprint density at radius 2 is 1.24 bits per heavy atom. The van der Waals surface area contributed by atoms with Crippen molar-refractivity contribution in [3.63, 3.8) is 0 Å². The van der Waals surface area contributed by atoms with Gasteiger partial charge in [0.05, 0.1) is 27.6 Å². The number of hydrogen-bond acceptors (Lipinski definition) is 3. The molecule has 0 radical (unpaired) electrons. The number of likely N-dealkylation sites (N-methyl/N-ethyl adjacent to an activating group) is 1. The molecule has 0 rings (SSSR count). The second-order valence-electron chi connectivity index (χ2n) is 9.52. The second kappa shape index (κ2) is 21.2. The molecule has 0 aromatic rings. The molecule has 0 aliphatic carbocycles. The van der Waals surface area contributed by atoms with Crippen LogP contribution in [0.1, 0.15) is 77.6 Å². The lowest BCUT2D eigenvalue weighted by Crippen LogP contribution is -2.43. The molecule has 34 heavy (non-hydrogen) atoms. The van der Waals surface area contributed by atoms with Crippen molar-refractivity contribution in [3.8, 4) is 0 Å². The summed E-state index contributed by atoms with van der Waals surface area (Å²) in [5, 5.41) is 9.01. The quantitative estimate of drug-likeness (QED) is 0.0914. The first-order valence-electron chi connectivity index (χ1n) is 12.7. The number of esters is 1. The lowest BCUT2D eigenvalue weighted by Gasteiger charge is -2.28. The molecule has 1 unspecified atom stereocenters. The highest BCUT2D eigenvalue weighted by Crippen LogP contribution is 2.08. The molecule has 192 valence electrons. The van der Waals surface area contributed by atoms with E-state index in [0.29, 0.717) is 17.4 Å². The fourth-order valence-corrected chi connectivity index (χ4v) is 3.23. The SMILES string of the molecule is CCCCCC=CCC=CCC=CCC=CCC=CCCC(=O)OC(CC(=O)O)C[N+](C)(C)C. The number of carbonyl (C=O) groups excluding carboxylic acids is 1. The van der Waals surface area contributed by atoms with Gasteiger partial charge in [0.2, 0.25) is 0 Å². The number of unbranched alkanes of at least 4 members (excludes halogenated alkanes) is 3. The lowest BCUT2D eigenvalue weighted by atomic mass is 10.2. The summed E-state index contributed by atoms with van der Waals surface area (Å²) in [6.07, 6.45) is 30.5. The molecule has 0 aliphatic heterocycles. The van der Waals surface area contributed by atoms with Gasteiger partial charge in [0.1, 0.15) is 6.54 Å². The number of hydrogen-bond donors (Lipinski definition) is 1. The van der Waals surface area contributed by atoms with E-state index in [1.54, 1.807) is 0 Å². The third-order valence-electron chi connectivity index (χ3n) is 4.86. The van der Waals surface area contributed by atoms with Crippen LogP contribution in [0, 0.1) is 0 Å². The van der Waals surface area contributed by atoms with E-state index < -0.39 is 12.1 Å². The highest BCUT2D eigenvalue weighted by atomic mass is 16.5. The molecular weight excluding hydrogens is 426 g/mol. The van der Waals surface area contributed by atoms with Crippen LogP contribution in [0.15, 0.2) is 60.8 Å². The molecule has 0 spiro atoms. The minimum absolute atomic E-state index is 0.164. The van der Waals surface area contributed by atoms with Crippen LogP contribution in [0.4, 0.5) is 0 Å². The number of rotatable bonds is 20. The first-order valence-corrected chi connectivity index (χ1v) is 12.7. The van der Waals surface area contributed by atoms with Crippen molar-refractivity contribution in [1.82, 2.24) is 0 Å². The zero-order chi connectivity index (χ0) is 25.5. The van der Waals surface area contributed by atoms with E-state index >= 15 is 0 Å². The first-order chi connectivity index (χ1) is 16.2. The van der Waals surface area contributed by atoms with Gasteiger partial charge in [0.25, 0.3) is 0 Å². The molecule has 1 atom stereocenters. The topological polar surface area (TPSA) is 63.6 Å². The van der Waals surface area contributed by atoms with E-state index in [1.165, 1.54) is 25.7 Å². The molecule has 5 nitrogen and oxygen atoms in total. The van der Waals surface area contributed by atoms with Gasteiger partial charge < -0.3 is 14.3 Å². The van der Waals surface area contributed by atoms with Crippen molar-refractivity contribution in [3.05, 3.63) is 60.8 Å². The summed E-state index contributed by atoms with van der Waals surface area (Å²) in [6, 6.07) is 0. The number of carboxylic acid groups (broad SMARTS) is 1. The summed E-state index contributed by atoms with van der Waals surface area (Å²) >= 11 is 0. The van der Waals surface area contributed by atoms with Crippen LogP contribution in [0.3, 0.4) is 0 Å². The number of allylic oxidation sites excluding steroid dienone is 10. The van der Waals surface area contributed by atoms with Crippen LogP contribution >= 0.6 is 0 Å². The highest BCUT2D eigenvalue weighted by molar-refractivity contribution is 5.71. The Morgan fingerprint density at radius 3 is 1.68 bits per heavy atom. The summed E-state index contributed by atoms with van der Waals surface area (Å²) in [5.74, 6) is -1.30. The minimum Gasteiger partial charge on any atom is -0.481 e. The maximum atomic E-state index is 12.0. The van der Waals surface area contributed by atoms with Crippen molar-refractivity contribution in [2.24, 2.45) is 0 Å². The molecule has 0 bridgehead atoms. The van der Waals surface area contributed by atoms with E-state index in [2.05, 4.69) is 55.5 Å². The average molecular weight is 475 g/mol. The molecule has 0 heterocycles. The lowest BCUT2D eigenvalue weighted by molar-refractivity contribution is -0.873. The third kappa shape index (κ3) is 24.2. The Hall–Kier alpha value is -2.40. The Morgan fingerprint density at radius 1 is 0.765 bits per heavy atom. The summed E-state index contributed by atoms with van der Waals surface area (Å²) in [4.78, 5) is 23.0. The van der Waals surface area contributed by atoms with Gasteiger partial charge in [-0.05, 0) is 44.9 Å². The zero-order valence-corrected chi connectivity index (χ0v) is 22.0. The van der Waals surface area contributed by atoms with Gasteiger partial charge in [-0.3, -0.25) is 9.59 Å². The van der Waals surface area contributed by atoms with Crippen molar-refractivity contribution in [1.29, 1.82) is 0 Å². The molecule has 0 aliphatic rings. The number of quaternary nitrogens is 1. The number of aliphatic carboxylic acids is 1. The van der Waals surface area contributed by atoms with Crippen molar-refractivity contribution in [2.45, 2.75) is 83.7 Å². The molecule has 0 saturated carbocycles. The van der Waals surface area contributed by atoms with Crippen LogP contribution in [-0.2, 0) is 14.3 Å². The summed E-state index contributed by atoms with van der Waals surface area (Å²) in [5.41, 5.74) is 0. The first kappa shape index (κ1) is 31.6. The number of nitrogens with zero attached hydrogens (tertiary/aromatic N) is 1. The average Bonchev–Trinajstić information content (AvgIpc) is 2.73. The van der Waals surface area contributed by atoms with Gasteiger partial charge >= 0.3 is 11.9 Å². The van der Waals surface area contributed by atoms with Crippen molar-refractivity contribution >= 4 is 11.9 Å². The molecule has 1 N–H and O–H groups in total. The number of carboxylic acids is 1. The van der Waals surface area contributed by atoms with Crippen molar-refractivity contribution in [2.75, 3.05) is 27.7 Å². The number of ether oxygens (including phenoxy) is 1. The Balaban J connectivity index is 3.88. The Bertz CT molecular complexity index is 681. The monoisotopic (exact) mass is 474 g/mol. The van der Waals surface area contributed by atoms with Crippen LogP contribution in [0.25, 0.3) is 0 Å². The van der Waals surface area contributed by atoms with Gasteiger partial charge in [-0.2, -0.15) is 0 Å². The maximum Gasteiger partial charge on any atom is 0.307 e. The molecule has 0 aromatic carbocycles. The molecule has 0 amide bonds. The third-order valence-corrected chi connectivity index (χ3v) is 4.86. The van der Waals surface area contributed by atoms with E-state index in [1.807, 2.05) is 33.3 Å². The smallest absolute Gasteiger partial charge is 0.307 e. The fraction of sp³-hybridized carbons (Fsp3) is 0.586. The summed E-state index contributed by atoms with van der Waals surface area (Å²) < 4.78 is 5.92. The summed E-state index contributed by atoms with van der Waals surface area (Å²) in [7, 11) is 5.84. The highest BCUT2D eigenvalue weighted by Gasteiger charge is 2.24. The Labute approximate surface area is 208 Å². The molecule has 0 fully saturated rings. The van der Waals surface area contributed by atoms with E-state index in [0.717, 1.165) is 25.7 Å². The normalized spacial score (nSPS) is 13.8.